The Balaban J connectivity index is 1.88. The zero-order chi connectivity index (χ0) is 14.7. The van der Waals surface area contributed by atoms with Gasteiger partial charge < -0.3 is 4.90 Å². The van der Waals surface area contributed by atoms with Gasteiger partial charge in [-0.1, -0.05) is 60.2 Å². The predicted molar refractivity (Wildman–Crippen MR) is 91.8 cm³/mol. The van der Waals surface area contributed by atoms with Crippen LogP contribution in [0, 0.1) is 6.92 Å². The van der Waals surface area contributed by atoms with Crippen molar-refractivity contribution in [2.45, 2.75) is 19.5 Å². The van der Waals surface area contributed by atoms with E-state index >= 15 is 0 Å². The van der Waals surface area contributed by atoms with E-state index in [0.717, 1.165) is 17.9 Å². The lowest BCUT2D eigenvalue weighted by atomic mass is 10.1. The van der Waals surface area contributed by atoms with Crippen molar-refractivity contribution in [1.29, 1.82) is 0 Å². The Morgan fingerprint density at radius 2 is 2.00 bits per heavy atom. The van der Waals surface area contributed by atoms with Gasteiger partial charge in [0, 0.05) is 17.5 Å². The minimum absolute atomic E-state index is 0.0674. The average molecular weight is 295 g/mol. The molecule has 3 nitrogen and oxygen atoms in total. The van der Waals surface area contributed by atoms with Gasteiger partial charge in [0.25, 0.3) is 0 Å². The van der Waals surface area contributed by atoms with Crippen molar-refractivity contribution in [3.63, 3.8) is 0 Å². The SMILES string of the molecule is Cc1cccc(CC2=NNC(C=S)N2c2ccccc2)c1. The van der Waals surface area contributed by atoms with E-state index in [1.54, 1.807) is 5.37 Å². The van der Waals surface area contributed by atoms with Crippen molar-refractivity contribution >= 4 is 29.1 Å². The number of para-hydroxylation sites is 1. The molecule has 0 spiro atoms. The van der Waals surface area contributed by atoms with E-state index in [-0.39, 0.29) is 6.17 Å². The molecular formula is C17H17N3S. The molecule has 1 atom stereocenters. The minimum atomic E-state index is -0.0674. The van der Waals surface area contributed by atoms with Crippen molar-refractivity contribution in [1.82, 2.24) is 5.43 Å². The number of nitrogens with zero attached hydrogens (tertiary/aromatic N) is 2. The Labute approximate surface area is 130 Å². The molecule has 1 aliphatic rings. The average Bonchev–Trinajstić information content (AvgIpc) is 2.91. The molecule has 0 amide bonds. The molecule has 1 aliphatic heterocycles. The molecule has 0 saturated carbocycles. The van der Waals surface area contributed by atoms with Crippen LogP contribution < -0.4 is 10.3 Å². The zero-order valence-corrected chi connectivity index (χ0v) is 12.7. The number of anilines is 1. The van der Waals surface area contributed by atoms with Gasteiger partial charge in [0.05, 0.1) is 0 Å². The van der Waals surface area contributed by atoms with Crippen molar-refractivity contribution in [3.8, 4) is 0 Å². The van der Waals surface area contributed by atoms with Crippen LogP contribution in [0.4, 0.5) is 5.69 Å². The van der Waals surface area contributed by atoms with E-state index in [1.807, 2.05) is 18.2 Å². The highest BCUT2D eigenvalue weighted by molar-refractivity contribution is 7.79. The highest BCUT2D eigenvalue weighted by atomic mass is 32.1. The lowest BCUT2D eigenvalue weighted by Crippen LogP contribution is -2.41. The van der Waals surface area contributed by atoms with Crippen LogP contribution in [-0.2, 0) is 6.42 Å². The van der Waals surface area contributed by atoms with Crippen LogP contribution in [-0.4, -0.2) is 17.4 Å². The van der Waals surface area contributed by atoms with Crippen LogP contribution in [0.3, 0.4) is 0 Å². The van der Waals surface area contributed by atoms with Crippen LogP contribution in [0.2, 0.25) is 0 Å². The minimum Gasteiger partial charge on any atom is -0.301 e. The molecule has 0 aliphatic carbocycles. The number of nitrogens with one attached hydrogen (secondary N) is 1. The fourth-order valence-electron chi connectivity index (χ4n) is 2.53. The largest absolute Gasteiger partial charge is 0.301 e. The Morgan fingerprint density at radius 3 is 2.71 bits per heavy atom. The first-order valence-electron chi connectivity index (χ1n) is 6.95. The molecule has 21 heavy (non-hydrogen) atoms. The first-order chi connectivity index (χ1) is 10.3. The van der Waals surface area contributed by atoms with Crippen LogP contribution in [0.25, 0.3) is 0 Å². The van der Waals surface area contributed by atoms with Crippen LogP contribution in [0.15, 0.2) is 59.7 Å². The number of rotatable bonds is 4. The Bertz CT molecular complexity index is 667. The number of amidine groups is 1. The summed E-state index contributed by atoms with van der Waals surface area (Å²) in [5.41, 5.74) is 6.70. The molecular weight excluding hydrogens is 278 g/mol. The van der Waals surface area contributed by atoms with E-state index in [2.05, 4.69) is 58.7 Å². The lowest BCUT2D eigenvalue weighted by molar-refractivity contribution is 0.734. The van der Waals surface area contributed by atoms with Gasteiger partial charge >= 0.3 is 0 Å². The van der Waals surface area contributed by atoms with E-state index in [1.165, 1.54) is 11.1 Å². The first kappa shape index (κ1) is 13.8. The van der Waals surface area contributed by atoms with Gasteiger partial charge in [0.1, 0.15) is 12.0 Å². The standard InChI is InChI=1S/C17H17N3S/c1-13-6-5-7-14(10-13)11-16-18-19-17(12-21)20(16)15-8-3-2-4-9-15/h2-10,12,17,19H,11H2,1H3. The summed E-state index contributed by atoms with van der Waals surface area (Å²) in [6, 6.07) is 18.7. The first-order valence-corrected chi connectivity index (χ1v) is 7.42. The highest BCUT2D eigenvalue weighted by Gasteiger charge is 2.27. The van der Waals surface area contributed by atoms with E-state index in [4.69, 9.17) is 12.2 Å². The van der Waals surface area contributed by atoms with Gasteiger partial charge in [-0.3, -0.25) is 5.43 Å². The number of benzene rings is 2. The molecule has 0 saturated heterocycles. The van der Waals surface area contributed by atoms with E-state index < -0.39 is 0 Å². The van der Waals surface area contributed by atoms with Gasteiger partial charge in [0.2, 0.25) is 0 Å². The van der Waals surface area contributed by atoms with Crippen molar-refractivity contribution in [3.05, 3.63) is 65.7 Å². The molecule has 106 valence electrons. The van der Waals surface area contributed by atoms with Gasteiger partial charge in [-0.15, -0.1) is 0 Å². The summed E-state index contributed by atoms with van der Waals surface area (Å²) >= 11 is 5.12. The molecule has 0 bridgehead atoms. The summed E-state index contributed by atoms with van der Waals surface area (Å²) in [5.74, 6) is 0.984. The fourth-order valence-corrected chi connectivity index (χ4v) is 2.71. The quantitative estimate of drug-likeness (QED) is 0.877. The molecule has 0 aromatic heterocycles. The van der Waals surface area contributed by atoms with E-state index in [0.29, 0.717) is 0 Å². The maximum atomic E-state index is 5.12. The third-order valence-electron chi connectivity index (χ3n) is 3.49. The summed E-state index contributed by atoms with van der Waals surface area (Å²) in [6.07, 6.45) is 0.714. The molecule has 2 aromatic rings. The summed E-state index contributed by atoms with van der Waals surface area (Å²) in [6.45, 7) is 2.10. The van der Waals surface area contributed by atoms with Gasteiger partial charge in [-0.2, -0.15) is 5.10 Å². The monoisotopic (exact) mass is 295 g/mol. The van der Waals surface area contributed by atoms with Gasteiger partial charge in [-0.25, -0.2) is 0 Å². The molecule has 0 fully saturated rings. The molecule has 4 heteroatoms. The molecule has 3 rings (SSSR count). The van der Waals surface area contributed by atoms with Crippen molar-refractivity contribution < 1.29 is 0 Å². The maximum Gasteiger partial charge on any atom is 0.150 e. The molecule has 0 radical (unpaired) electrons. The number of hydrogen-bond donors (Lipinski definition) is 1. The summed E-state index contributed by atoms with van der Waals surface area (Å²) < 4.78 is 0. The summed E-state index contributed by atoms with van der Waals surface area (Å²) in [4.78, 5) is 2.15. The maximum absolute atomic E-state index is 5.12. The number of thiocarbonyl (C=S) groups is 1. The lowest BCUT2D eigenvalue weighted by Gasteiger charge is -2.24. The third-order valence-corrected chi connectivity index (χ3v) is 3.75. The third kappa shape index (κ3) is 2.95. The van der Waals surface area contributed by atoms with Crippen LogP contribution in [0.5, 0.6) is 0 Å². The predicted octanol–water partition coefficient (Wildman–Crippen LogP) is 3.29. The van der Waals surface area contributed by atoms with Crippen molar-refractivity contribution in [2.75, 3.05) is 4.90 Å². The molecule has 2 aromatic carbocycles. The van der Waals surface area contributed by atoms with E-state index in [9.17, 15) is 0 Å². The molecule has 1 unspecified atom stereocenters. The van der Waals surface area contributed by atoms with Crippen molar-refractivity contribution in [2.24, 2.45) is 5.10 Å². The second kappa shape index (κ2) is 6.06. The topological polar surface area (TPSA) is 27.6 Å². The fraction of sp³-hybridized carbons (Fsp3) is 0.176. The van der Waals surface area contributed by atoms with Crippen LogP contribution in [0.1, 0.15) is 11.1 Å². The normalized spacial score (nSPS) is 17.3. The van der Waals surface area contributed by atoms with Crippen LogP contribution >= 0.6 is 12.2 Å². The zero-order valence-electron chi connectivity index (χ0n) is 11.9. The Kier molecular flexibility index (Phi) is 3.97. The summed E-state index contributed by atoms with van der Waals surface area (Å²) in [5, 5.41) is 6.17. The van der Waals surface area contributed by atoms with Gasteiger partial charge in [0.15, 0.2) is 0 Å². The smallest absolute Gasteiger partial charge is 0.150 e. The second-order valence-electron chi connectivity index (χ2n) is 5.11. The summed E-state index contributed by atoms with van der Waals surface area (Å²) in [7, 11) is 0. The molecule has 1 N–H and O–H groups in total. The van der Waals surface area contributed by atoms with Gasteiger partial charge in [-0.05, 0) is 24.6 Å². The molecule has 1 heterocycles. The number of hydrogen-bond acceptors (Lipinski definition) is 4. The Hall–Kier alpha value is -2.20. The Morgan fingerprint density at radius 1 is 1.19 bits per heavy atom. The highest BCUT2D eigenvalue weighted by Crippen LogP contribution is 2.21. The number of aryl methyl sites for hydroxylation is 1. The number of hydrazone groups is 1. The second-order valence-corrected chi connectivity index (χ2v) is 5.38.